The molecule has 21 heavy (non-hydrogen) atoms. The molecule has 7 heteroatoms. The maximum atomic E-state index is 12.4. The molecule has 108 valence electrons. The van der Waals surface area contributed by atoms with Crippen molar-refractivity contribution in [1.82, 2.24) is 10.2 Å². The van der Waals surface area contributed by atoms with E-state index in [1.165, 1.54) is 11.0 Å². The Labute approximate surface area is 133 Å². The summed E-state index contributed by atoms with van der Waals surface area (Å²) in [7, 11) is 0. The van der Waals surface area contributed by atoms with Gasteiger partial charge >= 0.3 is 0 Å². The Hall–Kier alpha value is -2.12. The highest BCUT2D eigenvalue weighted by molar-refractivity contribution is 7.81. The lowest BCUT2D eigenvalue weighted by Gasteiger charge is -2.32. The van der Waals surface area contributed by atoms with Gasteiger partial charge in [0, 0.05) is 12.2 Å². The number of thiocarbonyl (C=S) groups is 2. The number of amides is 2. The molecule has 2 rings (SSSR count). The second kappa shape index (κ2) is 6.55. The fourth-order valence-electron chi connectivity index (χ4n) is 1.88. The van der Waals surface area contributed by atoms with Crippen LogP contribution in [-0.4, -0.2) is 33.4 Å². The van der Waals surface area contributed by atoms with Crippen LogP contribution in [-0.2, 0) is 9.59 Å². The maximum absolute atomic E-state index is 12.4. The third-order valence-corrected chi connectivity index (χ3v) is 3.53. The molecule has 1 saturated heterocycles. The Balaban J connectivity index is 2.18. The predicted molar refractivity (Wildman–Crippen MR) is 88.8 cm³/mol. The van der Waals surface area contributed by atoms with Crippen LogP contribution in [0.3, 0.4) is 0 Å². The number of nitrogens with zero attached hydrogens (tertiary/aromatic N) is 1. The summed E-state index contributed by atoms with van der Waals surface area (Å²) in [6.45, 7) is 3.79. The van der Waals surface area contributed by atoms with Crippen LogP contribution in [0.1, 0.15) is 0 Å². The van der Waals surface area contributed by atoms with E-state index in [4.69, 9.17) is 24.4 Å². The fourth-order valence-corrected chi connectivity index (χ4v) is 2.47. The van der Waals surface area contributed by atoms with E-state index in [1.807, 2.05) is 18.2 Å². The third-order valence-electron chi connectivity index (χ3n) is 2.87. The zero-order valence-electron chi connectivity index (χ0n) is 11.0. The Morgan fingerprint density at radius 1 is 1.38 bits per heavy atom. The highest BCUT2D eigenvalue weighted by Gasteiger charge is 2.40. The van der Waals surface area contributed by atoms with Crippen LogP contribution in [0.2, 0.25) is 0 Å². The molecule has 1 aromatic carbocycles. The van der Waals surface area contributed by atoms with Crippen molar-refractivity contribution in [2.75, 3.05) is 11.9 Å². The first-order valence-corrected chi connectivity index (χ1v) is 6.99. The summed E-state index contributed by atoms with van der Waals surface area (Å²) in [5, 5.41) is 5.46. The molecule has 0 aliphatic carbocycles. The summed E-state index contributed by atoms with van der Waals surface area (Å²) < 4.78 is 0. The summed E-state index contributed by atoms with van der Waals surface area (Å²) in [5.41, 5.74) is 0.714. The monoisotopic (exact) mass is 319 g/mol. The van der Waals surface area contributed by atoms with Crippen LogP contribution < -0.4 is 10.6 Å². The minimum Gasteiger partial charge on any atom is -0.349 e. The molecule has 0 aromatic heterocycles. The van der Waals surface area contributed by atoms with E-state index in [-0.39, 0.29) is 16.6 Å². The Bertz CT molecular complexity index is 616. The van der Waals surface area contributed by atoms with Gasteiger partial charge in [0.1, 0.15) is 4.99 Å². The van der Waals surface area contributed by atoms with Gasteiger partial charge < -0.3 is 10.6 Å². The lowest BCUT2D eigenvalue weighted by Crippen LogP contribution is -2.60. The zero-order chi connectivity index (χ0) is 15.4. The van der Waals surface area contributed by atoms with Gasteiger partial charge in [-0.2, -0.15) is 0 Å². The van der Waals surface area contributed by atoms with Gasteiger partial charge in [0.05, 0.1) is 0 Å². The van der Waals surface area contributed by atoms with E-state index in [9.17, 15) is 9.59 Å². The molecule has 1 aliphatic rings. The van der Waals surface area contributed by atoms with Crippen LogP contribution in [0.4, 0.5) is 5.69 Å². The molecule has 2 N–H and O–H groups in total. The summed E-state index contributed by atoms with van der Waals surface area (Å²) in [4.78, 5) is 25.8. The van der Waals surface area contributed by atoms with Crippen LogP contribution in [0.15, 0.2) is 43.0 Å². The second-order valence-corrected chi connectivity index (χ2v) is 5.15. The number of benzene rings is 1. The van der Waals surface area contributed by atoms with Crippen molar-refractivity contribution < 1.29 is 9.59 Å². The molecule has 0 radical (unpaired) electrons. The van der Waals surface area contributed by atoms with Crippen molar-refractivity contribution >= 4 is 52.0 Å². The Kier molecular flexibility index (Phi) is 4.77. The highest BCUT2D eigenvalue weighted by atomic mass is 32.1. The van der Waals surface area contributed by atoms with Gasteiger partial charge in [0.2, 0.25) is 11.8 Å². The topological polar surface area (TPSA) is 61.4 Å². The summed E-state index contributed by atoms with van der Waals surface area (Å²) in [5.74, 6) is -2.05. The fraction of sp³-hybridized carbons (Fsp3) is 0.143. The van der Waals surface area contributed by atoms with Crippen molar-refractivity contribution in [3.05, 3.63) is 43.0 Å². The van der Waals surface area contributed by atoms with Crippen LogP contribution >= 0.6 is 24.4 Å². The number of anilines is 1. The summed E-state index contributed by atoms with van der Waals surface area (Å²) in [6.07, 6.45) is 1.53. The zero-order valence-corrected chi connectivity index (χ0v) is 12.7. The number of hydrogen-bond donors (Lipinski definition) is 2. The molecule has 0 saturated carbocycles. The molecule has 2 amide bonds. The second-order valence-electron chi connectivity index (χ2n) is 4.32. The van der Waals surface area contributed by atoms with E-state index in [0.717, 1.165) is 0 Å². The predicted octanol–water partition coefficient (Wildman–Crippen LogP) is 1.47. The Morgan fingerprint density at radius 3 is 2.67 bits per heavy atom. The first-order chi connectivity index (χ1) is 10.0. The molecular weight excluding hydrogens is 306 g/mol. The van der Waals surface area contributed by atoms with Gasteiger partial charge in [-0.05, 0) is 24.4 Å². The number of nitrogens with one attached hydrogen (secondary N) is 2. The molecule has 1 atom stereocenters. The number of rotatable bonds is 4. The average Bonchev–Trinajstić information content (AvgIpc) is 2.44. The summed E-state index contributed by atoms with van der Waals surface area (Å²) >= 11 is 10.2. The molecule has 5 nitrogen and oxygen atoms in total. The van der Waals surface area contributed by atoms with Crippen molar-refractivity contribution in [3.63, 3.8) is 0 Å². The quantitative estimate of drug-likeness (QED) is 0.500. The van der Waals surface area contributed by atoms with E-state index >= 15 is 0 Å². The first-order valence-electron chi connectivity index (χ1n) is 6.17. The first kappa shape index (κ1) is 15.3. The minimum absolute atomic E-state index is 0.0728. The van der Waals surface area contributed by atoms with Crippen LogP contribution in [0.5, 0.6) is 0 Å². The van der Waals surface area contributed by atoms with E-state index in [1.54, 1.807) is 12.1 Å². The van der Waals surface area contributed by atoms with Crippen molar-refractivity contribution in [2.24, 2.45) is 5.92 Å². The average molecular weight is 319 g/mol. The lowest BCUT2D eigenvalue weighted by atomic mass is 10.0. The minimum atomic E-state index is -1.09. The van der Waals surface area contributed by atoms with Crippen molar-refractivity contribution in [1.29, 1.82) is 0 Å². The standard InChI is InChI=1S/C14H13N3O2S2/c1-2-8-17-13(19)10(11(18)16-14(17)21)12(20)15-9-6-4-3-5-7-9/h2-7,10H,1,8H2,(H,15,20)(H,16,18,21). The van der Waals surface area contributed by atoms with Gasteiger partial charge in [-0.1, -0.05) is 36.5 Å². The lowest BCUT2D eigenvalue weighted by molar-refractivity contribution is -0.137. The third kappa shape index (κ3) is 3.32. The number of carbonyl (C=O) groups is 2. The molecule has 0 spiro atoms. The van der Waals surface area contributed by atoms with E-state index < -0.39 is 17.7 Å². The smallest absolute Gasteiger partial charge is 0.248 e. The Morgan fingerprint density at radius 2 is 2.05 bits per heavy atom. The number of para-hydroxylation sites is 1. The summed E-state index contributed by atoms with van der Waals surface area (Å²) in [6, 6.07) is 9.10. The maximum Gasteiger partial charge on any atom is 0.248 e. The molecule has 1 aliphatic heterocycles. The molecule has 1 heterocycles. The molecule has 1 fully saturated rings. The largest absolute Gasteiger partial charge is 0.349 e. The van der Waals surface area contributed by atoms with E-state index in [2.05, 4.69) is 17.2 Å². The van der Waals surface area contributed by atoms with Gasteiger partial charge in [-0.3, -0.25) is 14.5 Å². The van der Waals surface area contributed by atoms with Gasteiger partial charge in [0.15, 0.2) is 11.0 Å². The van der Waals surface area contributed by atoms with Gasteiger partial charge in [0.25, 0.3) is 0 Å². The number of hydrogen-bond acceptors (Lipinski definition) is 4. The normalized spacial score (nSPS) is 18.2. The molecular formula is C14H13N3O2S2. The molecule has 1 aromatic rings. The van der Waals surface area contributed by atoms with Gasteiger partial charge in [-0.15, -0.1) is 6.58 Å². The van der Waals surface area contributed by atoms with Crippen LogP contribution in [0, 0.1) is 5.92 Å². The number of carbonyl (C=O) groups excluding carboxylic acids is 2. The van der Waals surface area contributed by atoms with E-state index in [0.29, 0.717) is 5.69 Å². The SMILES string of the molecule is C=CCN1C(=O)C(C(=S)Nc2ccccc2)C(=O)NC1=S. The highest BCUT2D eigenvalue weighted by Crippen LogP contribution is 2.15. The van der Waals surface area contributed by atoms with Crippen molar-refractivity contribution in [3.8, 4) is 0 Å². The molecule has 1 unspecified atom stereocenters. The van der Waals surface area contributed by atoms with Gasteiger partial charge in [-0.25, -0.2) is 0 Å². The molecule has 0 bridgehead atoms. The van der Waals surface area contributed by atoms with Crippen molar-refractivity contribution in [2.45, 2.75) is 0 Å². The van der Waals surface area contributed by atoms with Crippen LogP contribution in [0.25, 0.3) is 0 Å².